The van der Waals surface area contributed by atoms with Crippen molar-refractivity contribution in [2.75, 3.05) is 0 Å². The lowest BCUT2D eigenvalue weighted by atomic mass is 9.77. The Labute approximate surface area is 215 Å². The first-order valence-corrected chi connectivity index (χ1v) is 13.4. The van der Waals surface area contributed by atoms with Gasteiger partial charge < -0.3 is 0 Å². The highest BCUT2D eigenvalue weighted by molar-refractivity contribution is 5.88. The van der Waals surface area contributed by atoms with Gasteiger partial charge in [0.25, 0.3) is 0 Å². The fraction of sp³-hybridized carbons (Fsp3) is 0.484. The molecule has 0 amide bonds. The zero-order valence-corrected chi connectivity index (χ0v) is 21.2. The van der Waals surface area contributed by atoms with Crippen LogP contribution in [0.4, 0.5) is 26.3 Å². The Bertz CT molecular complexity index is 1180. The van der Waals surface area contributed by atoms with Crippen LogP contribution in [0.5, 0.6) is 0 Å². The average molecular weight is 521 g/mol. The Kier molecular flexibility index (Phi) is 8.86. The quantitative estimate of drug-likeness (QED) is 0.194. The molecule has 4 rings (SSSR count). The number of halogens is 6. The Morgan fingerprint density at radius 1 is 0.757 bits per heavy atom. The molecule has 0 bridgehead atoms. The molecule has 0 aromatic heterocycles. The van der Waals surface area contributed by atoms with E-state index in [9.17, 15) is 22.0 Å². The maximum atomic E-state index is 15.3. The van der Waals surface area contributed by atoms with Gasteiger partial charge in [-0.3, -0.25) is 0 Å². The average Bonchev–Trinajstić information content (AvgIpc) is 2.85. The molecule has 1 saturated carbocycles. The number of alkyl halides is 3. The van der Waals surface area contributed by atoms with Gasteiger partial charge in [-0.2, -0.15) is 13.2 Å². The number of hydrogen-bond acceptors (Lipinski definition) is 0. The Morgan fingerprint density at radius 2 is 1.41 bits per heavy atom. The molecule has 0 nitrogen and oxygen atoms in total. The molecule has 0 unspecified atom stereocenters. The Balaban J connectivity index is 1.40. The van der Waals surface area contributed by atoms with E-state index in [2.05, 4.69) is 6.92 Å². The summed E-state index contributed by atoms with van der Waals surface area (Å²) in [7, 11) is 0. The van der Waals surface area contributed by atoms with E-state index in [-0.39, 0.29) is 16.5 Å². The maximum Gasteiger partial charge on any atom is 0.422 e. The van der Waals surface area contributed by atoms with Crippen LogP contribution in [0.15, 0.2) is 42.5 Å². The molecular formula is C31H34F6. The molecule has 3 aromatic carbocycles. The van der Waals surface area contributed by atoms with Crippen LogP contribution in [-0.4, -0.2) is 0 Å². The maximum absolute atomic E-state index is 15.3. The molecule has 0 heterocycles. The summed E-state index contributed by atoms with van der Waals surface area (Å²) in [5.41, 5.74) is -1.28. The van der Waals surface area contributed by atoms with Crippen LogP contribution >= 0.6 is 0 Å². The second-order valence-electron chi connectivity index (χ2n) is 10.6. The second-order valence-corrected chi connectivity index (χ2v) is 10.6. The van der Waals surface area contributed by atoms with Crippen LogP contribution in [0.3, 0.4) is 0 Å². The summed E-state index contributed by atoms with van der Waals surface area (Å²) in [4.78, 5) is 0. The molecule has 1 fully saturated rings. The third-order valence-electron chi connectivity index (χ3n) is 7.93. The predicted octanol–water partition coefficient (Wildman–Crippen LogP) is 10.7. The lowest BCUT2D eigenvalue weighted by Gasteiger charge is -2.28. The summed E-state index contributed by atoms with van der Waals surface area (Å²) in [6, 6.07) is 9.51. The SMILES string of the molecule is CCCCCC[C@H]1CC[C@H](CCc2ccc3c(F)c(-c4cc(F)c(C(F)(F)F)c(F)c4)ccc3c2)CC1. The lowest BCUT2D eigenvalue weighted by Crippen LogP contribution is -2.15. The predicted molar refractivity (Wildman–Crippen MR) is 137 cm³/mol. The van der Waals surface area contributed by atoms with Crippen molar-refractivity contribution in [1.29, 1.82) is 0 Å². The number of rotatable bonds is 9. The highest BCUT2D eigenvalue weighted by atomic mass is 19.4. The van der Waals surface area contributed by atoms with Crippen molar-refractivity contribution in [3.63, 3.8) is 0 Å². The molecule has 0 radical (unpaired) electrons. The van der Waals surface area contributed by atoms with E-state index in [1.54, 1.807) is 12.1 Å². The molecule has 1 aliphatic rings. The van der Waals surface area contributed by atoms with Crippen LogP contribution in [0, 0.1) is 29.3 Å². The molecule has 0 atom stereocenters. The first-order valence-electron chi connectivity index (χ1n) is 13.4. The van der Waals surface area contributed by atoms with Gasteiger partial charge in [-0.15, -0.1) is 0 Å². The topological polar surface area (TPSA) is 0 Å². The molecule has 0 spiro atoms. The van der Waals surface area contributed by atoms with Gasteiger partial charge in [0.1, 0.15) is 23.0 Å². The van der Waals surface area contributed by atoms with Crippen molar-refractivity contribution >= 4 is 10.8 Å². The van der Waals surface area contributed by atoms with Crippen LogP contribution in [0.1, 0.15) is 82.3 Å². The van der Waals surface area contributed by atoms with Crippen molar-refractivity contribution < 1.29 is 26.3 Å². The summed E-state index contributed by atoms with van der Waals surface area (Å²) < 4.78 is 82.0. The third-order valence-corrected chi connectivity index (χ3v) is 7.93. The zero-order chi connectivity index (χ0) is 26.6. The molecular weight excluding hydrogens is 486 g/mol. The van der Waals surface area contributed by atoms with Crippen molar-refractivity contribution in [3.8, 4) is 11.1 Å². The highest BCUT2D eigenvalue weighted by Gasteiger charge is 2.38. The molecule has 0 aliphatic heterocycles. The van der Waals surface area contributed by atoms with Gasteiger partial charge in [-0.1, -0.05) is 95.0 Å². The van der Waals surface area contributed by atoms with E-state index in [0.717, 1.165) is 24.3 Å². The van der Waals surface area contributed by atoms with Gasteiger partial charge >= 0.3 is 6.18 Å². The minimum absolute atomic E-state index is 0.141. The standard InChI is InChI=1S/C31H34F6/c1-2-3-4-5-6-20-7-9-21(10-8-20)11-12-22-13-15-25-23(17-22)14-16-26(30(25)34)24-18-27(32)29(28(33)19-24)31(35,36)37/h13-21H,2-12H2,1H3/t20-,21-. The minimum Gasteiger partial charge on any atom is -0.206 e. The number of benzene rings is 3. The first-order chi connectivity index (χ1) is 17.7. The lowest BCUT2D eigenvalue weighted by molar-refractivity contribution is -0.142. The Morgan fingerprint density at radius 3 is 2.03 bits per heavy atom. The molecule has 200 valence electrons. The summed E-state index contributed by atoms with van der Waals surface area (Å²) in [5, 5.41) is 0.924. The number of hydrogen-bond donors (Lipinski definition) is 0. The number of aryl methyl sites for hydroxylation is 1. The monoisotopic (exact) mass is 520 g/mol. The smallest absolute Gasteiger partial charge is 0.206 e. The van der Waals surface area contributed by atoms with Crippen molar-refractivity contribution in [3.05, 3.63) is 71.0 Å². The van der Waals surface area contributed by atoms with E-state index in [4.69, 9.17) is 0 Å². The van der Waals surface area contributed by atoms with Crippen LogP contribution < -0.4 is 0 Å². The summed E-state index contributed by atoms with van der Waals surface area (Å²) in [5.74, 6) is -2.64. The van der Waals surface area contributed by atoms with Crippen molar-refractivity contribution in [1.82, 2.24) is 0 Å². The van der Waals surface area contributed by atoms with Gasteiger partial charge in [0.2, 0.25) is 0 Å². The van der Waals surface area contributed by atoms with Crippen LogP contribution in [0.2, 0.25) is 0 Å². The largest absolute Gasteiger partial charge is 0.422 e. The van der Waals surface area contributed by atoms with Crippen LogP contribution in [-0.2, 0) is 12.6 Å². The minimum atomic E-state index is -5.17. The fourth-order valence-corrected chi connectivity index (χ4v) is 5.76. The normalized spacial score (nSPS) is 18.5. The molecule has 0 saturated heterocycles. The summed E-state index contributed by atoms with van der Waals surface area (Å²) >= 11 is 0. The Hall–Kier alpha value is -2.50. The zero-order valence-electron chi connectivity index (χ0n) is 21.2. The first kappa shape index (κ1) is 27.5. The van der Waals surface area contributed by atoms with E-state index in [1.807, 2.05) is 12.1 Å². The summed E-state index contributed by atoms with van der Waals surface area (Å²) in [6.45, 7) is 2.24. The van der Waals surface area contributed by atoms with Crippen LogP contribution in [0.25, 0.3) is 21.9 Å². The van der Waals surface area contributed by atoms with E-state index < -0.39 is 29.2 Å². The summed E-state index contributed by atoms with van der Waals surface area (Å²) in [6.07, 6.45) is 8.65. The fourth-order valence-electron chi connectivity index (χ4n) is 5.76. The molecule has 6 heteroatoms. The number of unbranched alkanes of at least 4 members (excludes halogenated alkanes) is 3. The second kappa shape index (κ2) is 11.9. The molecule has 0 N–H and O–H groups in total. The number of fused-ring (bicyclic) bond motifs is 1. The van der Waals surface area contributed by atoms with Gasteiger partial charge in [-0.05, 0) is 53.3 Å². The van der Waals surface area contributed by atoms with Gasteiger partial charge in [0, 0.05) is 10.9 Å². The molecule has 37 heavy (non-hydrogen) atoms. The van der Waals surface area contributed by atoms with E-state index in [1.165, 1.54) is 63.9 Å². The molecule has 3 aromatic rings. The van der Waals surface area contributed by atoms with Crippen molar-refractivity contribution in [2.24, 2.45) is 11.8 Å². The molecule has 1 aliphatic carbocycles. The van der Waals surface area contributed by atoms with Gasteiger partial charge in [0.05, 0.1) is 0 Å². The van der Waals surface area contributed by atoms with Gasteiger partial charge in [-0.25, -0.2) is 13.2 Å². The van der Waals surface area contributed by atoms with Crippen molar-refractivity contribution in [2.45, 2.75) is 83.7 Å². The third kappa shape index (κ3) is 6.69. The van der Waals surface area contributed by atoms with E-state index >= 15 is 4.39 Å². The highest BCUT2D eigenvalue weighted by Crippen LogP contribution is 2.38. The van der Waals surface area contributed by atoms with E-state index in [0.29, 0.717) is 23.4 Å². The van der Waals surface area contributed by atoms with Gasteiger partial charge in [0.15, 0.2) is 0 Å².